The Morgan fingerprint density at radius 1 is 0.933 bits per heavy atom. The Bertz CT molecular complexity index is 964. The lowest BCUT2D eigenvalue weighted by Crippen LogP contribution is -2.43. The summed E-state index contributed by atoms with van der Waals surface area (Å²) < 4.78 is 5.54. The van der Waals surface area contributed by atoms with Crippen LogP contribution in [0.25, 0.3) is 11.1 Å². The summed E-state index contributed by atoms with van der Waals surface area (Å²) in [5, 5.41) is 3.20. The Balaban J connectivity index is 1.54. The lowest BCUT2D eigenvalue weighted by atomic mass is 9.99. The van der Waals surface area contributed by atoms with E-state index >= 15 is 0 Å². The van der Waals surface area contributed by atoms with Gasteiger partial charge in [0.2, 0.25) is 0 Å². The SMILES string of the molecule is Cc1ccc(C(CNC(=O)c2ccccc2-c2ccccc2)N2CCOCC2)cc1. The predicted octanol–water partition coefficient (Wildman–Crippen LogP) is 4.47. The minimum absolute atomic E-state index is 0.0418. The van der Waals surface area contributed by atoms with Crippen molar-refractivity contribution in [1.82, 2.24) is 10.2 Å². The van der Waals surface area contributed by atoms with E-state index in [1.807, 2.05) is 54.6 Å². The fraction of sp³-hybridized carbons (Fsp3) is 0.269. The molecule has 1 unspecified atom stereocenters. The monoisotopic (exact) mass is 400 g/mol. The molecule has 0 aromatic heterocycles. The minimum Gasteiger partial charge on any atom is -0.379 e. The first-order valence-electron chi connectivity index (χ1n) is 10.5. The van der Waals surface area contributed by atoms with E-state index in [9.17, 15) is 4.79 Å². The molecule has 1 aliphatic rings. The summed E-state index contributed by atoms with van der Waals surface area (Å²) in [7, 11) is 0. The number of nitrogens with zero attached hydrogens (tertiary/aromatic N) is 1. The van der Waals surface area contributed by atoms with Gasteiger partial charge in [0.25, 0.3) is 5.91 Å². The summed E-state index contributed by atoms with van der Waals surface area (Å²) in [6.45, 7) is 5.85. The number of morpholine rings is 1. The molecule has 0 aliphatic carbocycles. The number of carbonyl (C=O) groups is 1. The molecule has 0 saturated carbocycles. The van der Waals surface area contributed by atoms with Gasteiger partial charge in [-0.3, -0.25) is 9.69 Å². The number of carbonyl (C=O) groups excluding carboxylic acids is 1. The van der Waals surface area contributed by atoms with Gasteiger partial charge in [-0.15, -0.1) is 0 Å². The number of amides is 1. The summed E-state index contributed by atoms with van der Waals surface area (Å²) in [5.41, 5.74) is 5.16. The van der Waals surface area contributed by atoms with Gasteiger partial charge < -0.3 is 10.1 Å². The number of hydrogen-bond acceptors (Lipinski definition) is 3. The maximum Gasteiger partial charge on any atom is 0.251 e. The molecule has 1 fully saturated rings. The van der Waals surface area contributed by atoms with Crippen molar-refractivity contribution >= 4 is 5.91 Å². The molecule has 4 nitrogen and oxygen atoms in total. The molecule has 1 N–H and O–H groups in total. The zero-order valence-corrected chi connectivity index (χ0v) is 17.4. The average molecular weight is 401 g/mol. The Kier molecular flexibility index (Phi) is 6.57. The molecule has 154 valence electrons. The number of benzene rings is 3. The molecule has 3 aromatic rings. The maximum atomic E-state index is 13.2. The summed E-state index contributed by atoms with van der Waals surface area (Å²) in [6.07, 6.45) is 0. The van der Waals surface area contributed by atoms with Gasteiger partial charge in [-0.05, 0) is 29.7 Å². The highest BCUT2D eigenvalue weighted by Gasteiger charge is 2.24. The van der Waals surface area contributed by atoms with Crippen molar-refractivity contribution in [2.24, 2.45) is 0 Å². The normalized spacial score (nSPS) is 15.5. The lowest BCUT2D eigenvalue weighted by molar-refractivity contribution is 0.0162. The third kappa shape index (κ3) is 4.78. The van der Waals surface area contributed by atoms with Crippen molar-refractivity contribution < 1.29 is 9.53 Å². The Hall–Kier alpha value is -2.95. The van der Waals surface area contributed by atoms with Gasteiger partial charge in [0.1, 0.15) is 0 Å². The largest absolute Gasteiger partial charge is 0.379 e. The number of ether oxygens (including phenoxy) is 1. The molecule has 4 heteroatoms. The van der Waals surface area contributed by atoms with Crippen LogP contribution in [-0.4, -0.2) is 43.7 Å². The van der Waals surface area contributed by atoms with E-state index in [1.165, 1.54) is 11.1 Å². The van der Waals surface area contributed by atoms with Crippen LogP contribution in [0.4, 0.5) is 0 Å². The van der Waals surface area contributed by atoms with E-state index in [0.29, 0.717) is 12.1 Å². The molecule has 4 rings (SSSR count). The third-order valence-corrected chi connectivity index (χ3v) is 5.66. The van der Waals surface area contributed by atoms with Crippen LogP contribution in [0.15, 0.2) is 78.9 Å². The molecular weight excluding hydrogens is 372 g/mol. The minimum atomic E-state index is -0.0418. The van der Waals surface area contributed by atoms with Crippen molar-refractivity contribution in [3.8, 4) is 11.1 Å². The second-order valence-corrected chi connectivity index (χ2v) is 7.70. The third-order valence-electron chi connectivity index (χ3n) is 5.66. The maximum absolute atomic E-state index is 13.2. The molecule has 0 spiro atoms. The summed E-state index contributed by atoms with van der Waals surface area (Å²) in [5.74, 6) is -0.0418. The molecule has 1 heterocycles. The Morgan fingerprint density at radius 3 is 2.33 bits per heavy atom. The van der Waals surface area contributed by atoms with E-state index in [-0.39, 0.29) is 11.9 Å². The first-order chi connectivity index (χ1) is 14.7. The van der Waals surface area contributed by atoms with Crippen LogP contribution in [0.2, 0.25) is 0 Å². The van der Waals surface area contributed by atoms with Crippen LogP contribution >= 0.6 is 0 Å². The van der Waals surface area contributed by atoms with Crippen molar-refractivity contribution in [1.29, 1.82) is 0 Å². The van der Waals surface area contributed by atoms with Gasteiger partial charge in [-0.2, -0.15) is 0 Å². The number of nitrogens with one attached hydrogen (secondary N) is 1. The van der Waals surface area contributed by atoms with Crippen LogP contribution in [-0.2, 0) is 4.74 Å². The lowest BCUT2D eigenvalue weighted by Gasteiger charge is -2.35. The number of aryl methyl sites for hydroxylation is 1. The highest BCUT2D eigenvalue weighted by molar-refractivity contribution is 6.00. The van der Waals surface area contributed by atoms with Gasteiger partial charge in [0, 0.05) is 25.2 Å². The van der Waals surface area contributed by atoms with E-state index in [2.05, 4.69) is 41.4 Å². The second kappa shape index (κ2) is 9.70. The first-order valence-corrected chi connectivity index (χ1v) is 10.5. The summed E-state index contributed by atoms with van der Waals surface area (Å²) in [4.78, 5) is 15.6. The average Bonchev–Trinajstić information content (AvgIpc) is 2.81. The number of hydrogen-bond donors (Lipinski definition) is 1. The van der Waals surface area contributed by atoms with Crippen LogP contribution in [0, 0.1) is 6.92 Å². The Labute approximate surface area is 178 Å². The van der Waals surface area contributed by atoms with Crippen molar-refractivity contribution in [3.05, 3.63) is 95.6 Å². The van der Waals surface area contributed by atoms with Gasteiger partial charge in [0.05, 0.1) is 19.3 Å². The fourth-order valence-corrected chi connectivity index (χ4v) is 3.97. The van der Waals surface area contributed by atoms with Crippen molar-refractivity contribution in [2.45, 2.75) is 13.0 Å². The highest BCUT2D eigenvalue weighted by atomic mass is 16.5. The molecule has 1 atom stereocenters. The van der Waals surface area contributed by atoms with Crippen molar-refractivity contribution in [2.75, 3.05) is 32.8 Å². The molecule has 0 bridgehead atoms. The van der Waals surface area contributed by atoms with Gasteiger partial charge >= 0.3 is 0 Å². The molecule has 30 heavy (non-hydrogen) atoms. The highest BCUT2D eigenvalue weighted by Crippen LogP contribution is 2.25. The van der Waals surface area contributed by atoms with Gasteiger partial charge in [-0.25, -0.2) is 0 Å². The van der Waals surface area contributed by atoms with Crippen LogP contribution in [0.5, 0.6) is 0 Å². The van der Waals surface area contributed by atoms with Crippen LogP contribution in [0.3, 0.4) is 0 Å². The standard InChI is InChI=1S/C26H28N2O2/c1-20-11-13-22(14-12-20)25(28-15-17-30-18-16-28)19-27-26(29)24-10-6-5-9-23(24)21-7-3-2-4-8-21/h2-14,25H,15-19H2,1H3,(H,27,29). The topological polar surface area (TPSA) is 41.6 Å². The number of rotatable bonds is 6. The zero-order valence-electron chi connectivity index (χ0n) is 17.4. The van der Waals surface area contributed by atoms with E-state index in [1.54, 1.807) is 0 Å². The molecule has 0 radical (unpaired) electrons. The quantitative estimate of drug-likeness (QED) is 0.664. The van der Waals surface area contributed by atoms with E-state index < -0.39 is 0 Å². The van der Waals surface area contributed by atoms with E-state index in [4.69, 9.17) is 4.74 Å². The first kappa shape index (κ1) is 20.3. The molecule has 3 aromatic carbocycles. The van der Waals surface area contributed by atoms with Gasteiger partial charge in [0.15, 0.2) is 0 Å². The van der Waals surface area contributed by atoms with Crippen LogP contribution in [0.1, 0.15) is 27.5 Å². The smallest absolute Gasteiger partial charge is 0.251 e. The van der Waals surface area contributed by atoms with Gasteiger partial charge in [-0.1, -0.05) is 78.4 Å². The van der Waals surface area contributed by atoms with E-state index in [0.717, 1.165) is 37.4 Å². The predicted molar refractivity (Wildman–Crippen MR) is 121 cm³/mol. The molecular formula is C26H28N2O2. The Morgan fingerprint density at radius 2 is 1.60 bits per heavy atom. The molecule has 1 aliphatic heterocycles. The summed E-state index contributed by atoms with van der Waals surface area (Å²) >= 11 is 0. The second-order valence-electron chi connectivity index (χ2n) is 7.70. The van der Waals surface area contributed by atoms with Crippen LogP contribution < -0.4 is 5.32 Å². The summed E-state index contributed by atoms with van der Waals surface area (Å²) in [6, 6.07) is 26.6. The molecule has 1 saturated heterocycles. The zero-order chi connectivity index (χ0) is 20.8. The molecule has 1 amide bonds. The van der Waals surface area contributed by atoms with Crippen molar-refractivity contribution in [3.63, 3.8) is 0 Å². The fourth-order valence-electron chi connectivity index (χ4n) is 3.97.